The molecule has 1 amide bonds. The Kier molecular flexibility index (Phi) is 5.09. The Hall–Kier alpha value is -3.88. The first kappa shape index (κ1) is 19.4. The van der Waals surface area contributed by atoms with Crippen molar-refractivity contribution in [2.24, 2.45) is 0 Å². The standard InChI is InChI=1S/C21H16F3N5O/c22-21(23,24)19-17(13-26-29(19)16-9-5-2-6-10-16)20(30)27-18-11-12-25-28(18)14-15-7-3-1-4-8-15/h1-13H,14H2,(H,27,30). The van der Waals surface area contributed by atoms with Gasteiger partial charge < -0.3 is 5.32 Å². The number of hydrogen-bond donors (Lipinski definition) is 1. The van der Waals surface area contributed by atoms with E-state index in [-0.39, 0.29) is 11.5 Å². The highest BCUT2D eigenvalue weighted by atomic mass is 19.4. The molecule has 0 aliphatic rings. The predicted molar refractivity (Wildman–Crippen MR) is 104 cm³/mol. The first-order chi connectivity index (χ1) is 14.4. The van der Waals surface area contributed by atoms with Crippen LogP contribution in [-0.4, -0.2) is 25.5 Å². The van der Waals surface area contributed by atoms with Crippen LogP contribution >= 0.6 is 0 Å². The van der Waals surface area contributed by atoms with E-state index in [1.807, 2.05) is 30.3 Å². The zero-order chi connectivity index (χ0) is 21.1. The van der Waals surface area contributed by atoms with E-state index in [1.165, 1.54) is 29.1 Å². The van der Waals surface area contributed by atoms with Crippen LogP contribution in [0.1, 0.15) is 21.6 Å². The highest BCUT2D eigenvalue weighted by Gasteiger charge is 2.40. The number of anilines is 1. The average molecular weight is 411 g/mol. The molecule has 0 radical (unpaired) electrons. The van der Waals surface area contributed by atoms with Gasteiger partial charge in [-0.25, -0.2) is 9.36 Å². The summed E-state index contributed by atoms with van der Waals surface area (Å²) in [6.45, 7) is 0.360. The van der Waals surface area contributed by atoms with E-state index >= 15 is 0 Å². The van der Waals surface area contributed by atoms with Gasteiger partial charge in [-0.3, -0.25) is 4.79 Å². The predicted octanol–water partition coefficient (Wildman–Crippen LogP) is 4.39. The molecule has 2 heterocycles. The van der Waals surface area contributed by atoms with Crippen LogP contribution in [0.15, 0.2) is 79.1 Å². The maximum Gasteiger partial charge on any atom is 0.434 e. The van der Waals surface area contributed by atoms with Crippen LogP contribution in [-0.2, 0) is 12.7 Å². The van der Waals surface area contributed by atoms with Crippen LogP contribution in [0, 0.1) is 0 Å². The van der Waals surface area contributed by atoms with E-state index < -0.39 is 23.3 Å². The molecule has 2 aromatic heterocycles. The molecule has 4 rings (SSSR count). The lowest BCUT2D eigenvalue weighted by Crippen LogP contribution is -2.22. The van der Waals surface area contributed by atoms with E-state index in [4.69, 9.17) is 0 Å². The number of halogens is 3. The Morgan fingerprint density at radius 1 is 0.933 bits per heavy atom. The first-order valence-electron chi connectivity index (χ1n) is 9.01. The largest absolute Gasteiger partial charge is 0.434 e. The van der Waals surface area contributed by atoms with Crippen molar-refractivity contribution < 1.29 is 18.0 Å². The third-order valence-electron chi connectivity index (χ3n) is 4.42. The molecular weight excluding hydrogens is 395 g/mol. The fourth-order valence-corrected chi connectivity index (χ4v) is 3.06. The number of para-hydroxylation sites is 1. The minimum atomic E-state index is -4.77. The monoisotopic (exact) mass is 411 g/mol. The minimum absolute atomic E-state index is 0.206. The topological polar surface area (TPSA) is 64.7 Å². The molecular formula is C21H16F3N5O. The van der Waals surface area contributed by atoms with Gasteiger partial charge in [-0.15, -0.1) is 0 Å². The summed E-state index contributed by atoms with van der Waals surface area (Å²) >= 11 is 0. The number of hydrogen-bond acceptors (Lipinski definition) is 3. The molecule has 0 atom stereocenters. The molecule has 30 heavy (non-hydrogen) atoms. The van der Waals surface area contributed by atoms with Gasteiger partial charge in [0.05, 0.1) is 30.2 Å². The van der Waals surface area contributed by atoms with E-state index in [9.17, 15) is 18.0 Å². The van der Waals surface area contributed by atoms with Crippen molar-refractivity contribution in [3.05, 3.63) is 95.9 Å². The maximum absolute atomic E-state index is 13.8. The van der Waals surface area contributed by atoms with Crippen molar-refractivity contribution >= 4 is 11.7 Å². The molecule has 0 spiro atoms. The van der Waals surface area contributed by atoms with E-state index in [2.05, 4.69) is 15.5 Å². The molecule has 152 valence electrons. The second-order valence-electron chi connectivity index (χ2n) is 6.47. The number of amides is 1. The van der Waals surface area contributed by atoms with Crippen molar-refractivity contribution in [1.82, 2.24) is 19.6 Å². The minimum Gasteiger partial charge on any atom is -0.307 e. The molecule has 0 saturated heterocycles. The van der Waals surface area contributed by atoms with Gasteiger partial charge in [0.15, 0.2) is 5.69 Å². The van der Waals surface area contributed by atoms with Crippen LogP contribution in [0.2, 0.25) is 0 Å². The maximum atomic E-state index is 13.8. The van der Waals surface area contributed by atoms with E-state index in [0.29, 0.717) is 6.54 Å². The number of rotatable bonds is 5. The number of nitrogens with one attached hydrogen (secondary N) is 1. The average Bonchev–Trinajstić information content (AvgIpc) is 3.37. The van der Waals surface area contributed by atoms with Gasteiger partial charge >= 0.3 is 6.18 Å². The fourth-order valence-electron chi connectivity index (χ4n) is 3.06. The third-order valence-corrected chi connectivity index (χ3v) is 4.42. The van der Waals surface area contributed by atoms with E-state index in [0.717, 1.165) is 16.4 Å². The molecule has 0 saturated carbocycles. The number of nitrogens with zero attached hydrogens (tertiary/aromatic N) is 4. The second-order valence-corrected chi connectivity index (χ2v) is 6.47. The Balaban J connectivity index is 1.64. The Morgan fingerprint density at radius 2 is 1.60 bits per heavy atom. The van der Waals surface area contributed by atoms with Gasteiger partial charge in [0.2, 0.25) is 0 Å². The van der Waals surface area contributed by atoms with Gasteiger partial charge in [-0.2, -0.15) is 23.4 Å². The summed E-state index contributed by atoms with van der Waals surface area (Å²) in [5.41, 5.74) is -0.568. The number of alkyl halides is 3. The molecule has 0 unspecified atom stereocenters. The summed E-state index contributed by atoms with van der Waals surface area (Å²) in [5, 5.41) is 10.5. The van der Waals surface area contributed by atoms with Crippen molar-refractivity contribution in [2.75, 3.05) is 5.32 Å². The van der Waals surface area contributed by atoms with Crippen molar-refractivity contribution in [1.29, 1.82) is 0 Å². The molecule has 0 aliphatic carbocycles. The Bertz CT molecular complexity index is 1150. The van der Waals surface area contributed by atoms with Gasteiger partial charge in [-0.05, 0) is 17.7 Å². The van der Waals surface area contributed by atoms with Crippen LogP contribution < -0.4 is 5.32 Å². The summed E-state index contributed by atoms with van der Waals surface area (Å²) < 4.78 is 43.5. The zero-order valence-corrected chi connectivity index (χ0v) is 15.5. The normalized spacial score (nSPS) is 11.4. The molecule has 4 aromatic rings. The fraction of sp³-hybridized carbons (Fsp3) is 0.0952. The van der Waals surface area contributed by atoms with Crippen LogP contribution in [0.3, 0.4) is 0 Å². The number of carbonyl (C=O) groups is 1. The third kappa shape index (κ3) is 3.95. The summed E-state index contributed by atoms with van der Waals surface area (Å²) in [6.07, 6.45) is -2.39. The highest BCUT2D eigenvalue weighted by molar-refractivity contribution is 6.04. The first-order valence-corrected chi connectivity index (χ1v) is 9.01. The SMILES string of the molecule is O=C(Nc1ccnn1Cc1ccccc1)c1cnn(-c2ccccc2)c1C(F)(F)F. The highest BCUT2D eigenvalue weighted by Crippen LogP contribution is 2.34. The smallest absolute Gasteiger partial charge is 0.307 e. The number of carbonyl (C=O) groups excluding carboxylic acids is 1. The lowest BCUT2D eigenvalue weighted by molar-refractivity contribution is -0.143. The molecule has 6 nitrogen and oxygen atoms in total. The lowest BCUT2D eigenvalue weighted by Gasteiger charge is -2.13. The summed E-state index contributed by atoms with van der Waals surface area (Å²) in [7, 11) is 0. The lowest BCUT2D eigenvalue weighted by atomic mass is 10.2. The van der Waals surface area contributed by atoms with Gasteiger partial charge in [-0.1, -0.05) is 48.5 Å². The molecule has 1 N–H and O–H groups in total. The molecule has 9 heteroatoms. The van der Waals surface area contributed by atoms with Crippen LogP contribution in [0.5, 0.6) is 0 Å². The summed E-state index contributed by atoms with van der Waals surface area (Å²) in [4.78, 5) is 12.7. The number of benzene rings is 2. The summed E-state index contributed by atoms with van der Waals surface area (Å²) in [6, 6.07) is 18.7. The summed E-state index contributed by atoms with van der Waals surface area (Å²) in [5.74, 6) is -0.635. The van der Waals surface area contributed by atoms with Gasteiger partial charge in [0, 0.05) is 6.07 Å². The zero-order valence-electron chi connectivity index (χ0n) is 15.5. The van der Waals surface area contributed by atoms with Crippen LogP contribution in [0.25, 0.3) is 5.69 Å². The van der Waals surface area contributed by atoms with E-state index in [1.54, 1.807) is 18.2 Å². The molecule has 0 aliphatic heterocycles. The van der Waals surface area contributed by atoms with Crippen molar-refractivity contribution in [2.45, 2.75) is 12.7 Å². The molecule has 2 aromatic carbocycles. The van der Waals surface area contributed by atoms with Gasteiger partial charge in [0.25, 0.3) is 5.91 Å². The van der Waals surface area contributed by atoms with Gasteiger partial charge in [0.1, 0.15) is 5.82 Å². The van der Waals surface area contributed by atoms with Crippen molar-refractivity contribution in [3.8, 4) is 5.69 Å². The van der Waals surface area contributed by atoms with Crippen LogP contribution in [0.4, 0.5) is 19.0 Å². The van der Waals surface area contributed by atoms with Crippen molar-refractivity contribution in [3.63, 3.8) is 0 Å². The Morgan fingerprint density at radius 3 is 2.27 bits per heavy atom. The number of aromatic nitrogens is 4. The second kappa shape index (κ2) is 7.86. The quantitative estimate of drug-likeness (QED) is 0.530. The molecule has 0 fully saturated rings. The molecule has 0 bridgehead atoms. The Labute approximate surface area is 169 Å².